The fourth-order valence-corrected chi connectivity index (χ4v) is 2.99. The Kier molecular flexibility index (Phi) is 4.24. The number of nitrogens with one attached hydrogen (secondary N) is 1. The number of amides is 2. The van der Waals surface area contributed by atoms with E-state index >= 15 is 0 Å². The summed E-state index contributed by atoms with van der Waals surface area (Å²) in [5.41, 5.74) is 2.53. The van der Waals surface area contributed by atoms with Crippen LogP contribution in [0.2, 0.25) is 0 Å². The normalized spacial score (nSPS) is 13.4. The molecule has 4 nitrogen and oxygen atoms in total. The van der Waals surface area contributed by atoms with Crippen LogP contribution in [-0.2, 0) is 16.0 Å². The Morgan fingerprint density at radius 2 is 1.77 bits per heavy atom. The first-order chi connectivity index (χ1) is 10.7. The summed E-state index contributed by atoms with van der Waals surface area (Å²) in [6.45, 7) is 0.569. The Morgan fingerprint density at radius 1 is 1.05 bits per heavy atom. The molecule has 0 fully saturated rings. The molecule has 0 aliphatic carbocycles. The summed E-state index contributed by atoms with van der Waals surface area (Å²) in [6, 6.07) is 14.9. The van der Waals surface area contributed by atoms with Crippen molar-refractivity contribution in [1.29, 1.82) is 0 Å². The number of fused-ring (bicyclic) bond motifs is 1. The van der Waals surface area contributed by atoms with Crippen LogP contribution in [0.4, 0.5) is 11.4 Å². The van der Waals surface area contributed by atoms with Crippen molar-refractivity contribution in [2.45, 2.75) is 12.8 Å². The molecule has 1 aliphatic heterocycles. The van der Waals surface area contributed by atoms with E-state index in [1.165, 1.54) is 0 Å². The molecule has 5 heteroatoms. The molecule has 0 unspecified atom stereocenters. The van der Waals surface area contributed by atoms with Crippen LogP contribution >= 0.6 is 15.9 Å². The Hall–Kier alpha value is -2.14. The monoisotopic (exact) mass is 358 g/mol. The summed E-state index contributed by atoms with van der Waals surface area (Å²) in [7, 11) is 0. The first-order valence-electron chi connectivity index (χ1n) is 7.12. The van der Waals surface area contributed by atoms with Crippen LogP contribution in [-0.4, -0.2) is 18.4 Å². The number of anilines is 2. The van der Waals surface area contributed by atoms with Gasteiger partial charge in [-0.25, -0.2) is 0 Å². The lowest BCUT2D eigenvalue weighted by Gasteiger charge is -2.28. The topological polar surface area (TPSA) is 49.4 Å². The zero-order chi connectivity index (χ0) is 15.5. The molecule has 0 saturated carbocycles. The standard InChI is InChI=1S/C17H15BrN2O2/c18-13-8-2-3-9-14(13)19-16(21)17(22)20-11-5-7-12-6-1-4-10-15(12)20/h1-4,6,8-10H,5,7,11H2,(H,19,21). The van der Waals surface area contributed by atoms with Crippen molar-refractivity contribution in [3.05, 3.63) is 58.6 Å². The molecule has 1 heterocycles. The molecule has 2 amide bonds. The van der Waals surface area contributed by atoms with E-state index in [1.54, 1.807) is 17.0 Å². The molecule has 0 radical (unpaired) electrons. The van der Waals surface area contributed by atoms with Crippen LogP contribution in [0.25, 0.3) is 0 Å². The van der Waals surface area contributed by atoms with Crippen LogP contribution in [0.1, 0.15) is 12.0 Å². The van der Waals surface area contributed by atoms with Gasteiger partial charge < -0.3 is 10.2 Å². The van der Waals surface area contributed by atoms with Gasteiger partial charge in [-0.15, -0.1) is 0 Å². The Bertz CT molecular complexity index is 730. The van der Waals surface area contributed by atoms with Gasteiger partial charge in [0.1, 0.15) is 0 Å². The molecule has 112 valence electrons. The zero-order valence-corrected chi connectivity index (χ0v) is 13.5. The van der Waals surface area contributed by atoms with E-state index in [2.05, 4.69) is 21.2 Å². The van der Waals surface area contributed by atoms with Crippen LogP contribution in [0.3, 0.4) is 0 Å². The second-order valence-electron chi connectivity index (χ2n) is 5.12. The molecular formula is C17H15BrN2O2. The lowest BCUT2D eigenvalue weighted by Crippen LogP contribution is -2.42. The summed E-state index contributed by atoms with van der Waals surface area (Å²) in [5, 5.41) is 2.66. The maximum atomic E-state index is 12.5. The van der Waals surface area contributed by atoms with Crippen LogP contribution in [0.5, 0.6) is 0 Å². The van der Waals surface area contributed by atoms with Crippen LogP contribution in [0, 0.1) is 0 Å². The maximum Gasteiger partial charge on any atom is 0.316 e. The predicted molar refractivity (Wildman–Crippen MR) is 89.9 cm³/mol. The largest absolute Gasteiger partial charge is 0.317 e. The van der Waals surface area contributed by atoms with E-state index in [0.717, 1.165) is 28.6 Å². The molecule has 2 aromatic carbocycles. The number of carbonyl (C=O) groups is 2. The first-order valence-corrected chi connectivity index (χ1v) is 7.91. The number of hydrogen-bond acceptors (Lipinski definition) is 2. The van der Waals surface area contributed by atoms with E-state index in [-0.39, 0.29) is 0 Å². The molecule has 0 saturated heterocycles. The van der Waals surface area contributed by atoms with Gasteiger partial charge in [0.25, 0.3) is 0 Å². The van der Waals surface area contributed by atoms with E-state index in [9.17, 15) is 9.59 Å². The number of aryl methyl sites for hydroxylation is 1. The number of halogens is 1. The molecular weight excluding hydrogens is 344 g/mol. The van der Waals surface area contributed by atoms with Crippen molar-refractivity contribution in [3.8, 4) is 0 Å². The van der Waals surface area contributed by atoms with E-state index in [0.29, 0.717) is 12.2 Å². The van der Waals surface area contributed by atoms with Gasteiger partial charge in [0.2, 0.25) is 0 Å². The lowest BCUT2D eigenvalue weighted by atomic mass is 10.0. The summed E-state index contributed by atoms with van der Waals surface area (Å²) >= 11 is 3.36. The maximum absolute atomic E-state index is 12.5. The highest BCUT2D eigenvalue weighted by Crippen LogP contribution is 2.27. The highest BCUT2D eigenvalue weighted by atomic mass is 79.9. The van der Waals surface area contributed by atoms with Crippen molar-refractivity contribution < 1.29 is 9.59 Å². The Balaban J connectivity index is 1.80. The molecule has 1 N–H and O–H groups in total. The van der Waals surface area contributed by atoms with Crippen molar-refractivity contribution in [1.82, 2.24) is 0 Å². The van der Waals surface area contributed by atoms with Crippen LogP contribution < -0.4 is 10.2 Å². The quantitative estimate of drug-likeness (QED) is 0.794. The summed E-state index contributed by atoms with van der Waals surface area (Å²) < 4.78 is 0.746. The molecule has 0 aromatic heterocycles. The second-order valence-corrected chi connectivity index (χ2v) is 5.98. The molecule has 0 atom stereocenters. The number of carbonyl (C=O) groups excluding carboxylic acids is 2. The highest BCUT2D eigenvalue weighted by molar-refractivity contribution is 9.10. The predicted octanol–water partition coefficient (Wildman–Crippen LogP) is 3.37. The number of hydrogen-bond donors (Lipinski definition) is 1. The van der Waals surface area contributed by atoms with Gasteiger partial charge in [-0.2, -0.15) is 0 Å². The SMILES string of the molecule is O=C(Nc1ccccc1Br)C(=O)N1CCCc2ccccc21. The van der Waals surface area contributed by atoms with Gasteiger partial charge in [-0.3, -0.25) is 9.59 Å². The average Bonchev–Trinajstić information content (AvgIpc) is 2.55. The van der Waals surface area contributed by atoms with Gasteiger partial charge in [0.15, 0.2) is 0 Å². The molecule has 3 rings (SSSR count). The second kappa shape index (κ2) is 6.32. The van der Waals surface area contributed by atoms with Crippen molar-refractivity contribution in [2.75, 3.05) is 16.8 Å². The summed E-state index contributed by atoms with van der Waals surface area (Å²) in [4.78, 5) is 26.3. The summed E-state index contributed by atoms with van der Waals surface area (Å²) in [6.07, 6.45) is 1.80. The number of rotatable bonds is 1. The minimum Gasteiger partial charge on any atom is -0.317 e. The minimum atomic E-state index is -0.622. The molecule has 1 aliphatic rings. The molecule has 0 spiro atoms. The highest BCUT2D eigenvalue weighted by Gasteiger charge is 2.27. The lowest BCUT2D eigenvalue weighted by molar-refractivity contribution is -0.134. The third-order valence-corrected chi connectivity index (χ3v) is 4.36. The Morgan fingerprint density at radius 3 is 2.59 bits per heavy atom. The van der Waals surface area contributed by atoms with Gasteiger partial charge >= 0.3 is 11.8 Å². The minimum absolute atomic E-state index is 0.525. The van der Waals surface area contributed by atoms with E-state index < -0.39 is 11.8 Å². The van der Waals surface area contributed by atoms with Gasteiger partial charge in [0, 0.05) is 16.7 Å². The van der Waals surface area contributed by atoms with Gasteiger partial charge in [0.05, 0.1) is 5.69 Å². The fraction of sp³-hybridized carbons (Fsp3) is 0.176. The summed E-state index contributed by atoms with van der Waals surface area (Å²) in [5.74, 6) is -1.15. The number of nitrogens with zero attached hydrogens (tertiary/aromatic N) is 1. The average molecular weight is 359 g/mol. The van der Waals surface area contributed by atoms with Gasteiger partial charge in [-0.05, 0) is 52.5 Å². The van der Waals surface area contributed by atoms with Crippen LogP contribution in [0.15, 0.2) is 53.0 Å². The smallest absolute Gasteiger partial charge is 0.316 e. The van der Waals surface area contributed by atoms with Crippen molar-refractivity contribution in [2.24, 2.45) is 0 Å². The molecule has 22 heavy (non-hydrogen) atoms. The number of benzene rings is 2. The van der Waals surface area contributed by atoms with Gasteiger partial charge in [-0.1, -0.05) is 30.3 Å². The fourth-order valence-electron chi connectivity index (χ4n) is 2.61. The third kappa shape index (κ3) is 2.90. The third-order valence-electron chi connectivity index (χ3n) is 3.67. The molecule has 2 aromatic rings. The first kappa shape index (κ1) is 14.8. The van der Waals surface area contributed by atoms with Crippen molar-refractivity contribution in [3.63, 3.8) is 0 Å². The zero-order valence-electron chi connectivity index (χ0n) is 11.9. The van der Waals surface area contributed by atoms with Crippen molar-refractivity contribution >= 4 is 39.1 Å². The van der Waals surface area contributed by atoms with E-state index in [1.807, 2.05) is 36.4 Å². The molecule has 0 bridgehead atoms. The number of para-hydroxylation sites is 2. The Labute approximate surface area is 137 Å². The van der Waals surface area contributed by atoms with E-state index in [4.69, 9.17) is 0 Å².